The zero-order chi connectivity index (χ0) is 15.1. The van der Waals surface area contributed by atoms with Gasteiger partial charge in [0.1, 0.15) is 5.75 Å². The van der Waals surface area contributed by atoms with Crippen molar-refractivity contribution in [2.24, 2.45) is 11.8 Å². The Morgan fingerprint density at radius 2 is 2.24 bits per heavy atom. The summed E-state index contributed by atoms with van der Waals surface area (Å²) in [5.41, 5.74) is 1.32. The summed E-state index contributed by atoms with van der Waals surface area (Å²) in [5.74, 6) is 1.95. The predicted octanol–water partition coefficient (Wildman–Crippen LogP) is 4.64. The lowest BCUT2D eigenvalue weighted by Gasteiger charge is -2.19. The van der Waals surface area contributed by atoms with Crippen molar-refractivity contribution >= 4 is 0 Å². The molecule has 1 aliphatic rings. The van der Waals surface area contributed by atoms with E-state index in [1.165, 1.54) is 31.2 Å². The maximum atomic E-state index is 6.04. The monoisotopic (exact) mass is 288 g/mol. The molecule has 0 aromatic heterocycles. The second-order valence-electron chi connectivity index (χ2n) is 6.00. The first-order valence-electron chi connectivity index (χ1n) is 8.15. The molecule has 116 valence electrons. The van der Waals surface area contributed by atoms with Gasteiger partial charge >= 0.3 is 0 Å². The van der Waals surface area contributed by atoms with Crippen LogP contribution in [0.25, 0.3) is 0 Å². The first kappa shape index (κ1) is 16.1. The highest BCUT2D eigenvalue weighted by molar-refractivity contribution is 5.29. The molecule has 0 aliphatic carbocycles. The van der Waals surface area contributed by atoms with E-state index >= 15 is 0 Å². The minimum absolute atomic E-state index is 0.365. The number of methoxy groups -OCH3 is 1. The molecule has 1 aromatic carbocycles. The van der Waals surface area contributed by atoms with Crippen LogP contribution in [0.4, 0.5) is 0 Å². The number of rotatable bonds is 8. The molecular formula is C19H28O2. The Morgan fingerprint density at radius 3 is 2.95 bits per heavy atom. The third kappa shape index (κ3) is 4.34. The Balaban J connectivity index is 1.94. The van der Waals surface area contributed by atoms with Gasteiger partial charge in [0.15, 0.2) is 0 Å². The van der Waals surface area contributed by atoms with Crippen molar-refractivity contribution in [1.82, 2.24) is 0 Å². The normalized spacial score (nSPS) is 25.0. The van der Waals surface area contributed by atoms with E-state index in [1.54, 1.807) is 7.11 Å². The lowest BCUT2D eigenvalue weighted by molar-refractivity contribution is 0.0883. The predicted molar refractivity (Wildman–Crippen MR) is 87.8 cm³/mol. The molecule has 3 atom stereocenters. The quantitative estimate of drug-likeness (QED) is 0.512. The summed E-state index contributed by atoms with van der Waals surface area (Å²) in [7, 11) is 1.72. The number of benzene rings is 1. The van der Waals surface area contributed by atoms with Gasteiger partial charge in [0.25, 0.3) is 0 Å². The van der Waals surface area contributed by atoms with Gasteiger partial charge in [-0.3, -0.25) is 0 Å². The molecule has 2 nitrogen and oxygen atoms in total. The molecule has 0 bridgehead atoms. The molecular weight excluding hydrogens is 260 g/mol. The summed E-state index contributed by atoms with van der Waals surface area (Å²) in [4.78, 5) is 0. The Kier molecular flexibility index (Phi) is 6.31. The van der Waals surface area contributed by atoms with E-state index in [1.807, 2.05) is 6.07 Å². The summed E-state index contributed by atoms with van der Waals surface area (Å²) in [5, 5.41) is 0. The summed E-state index contributed by atoms with van der Waals surface area (Å²) < 4.78 is 11.3. The highest BCUT2D eigenvalue weighted by atomic mass is 16.5. The van der Waals surface area contributed by atoms with E-state index in [-0.39, 0.29) is 0 Å². The maximum absolute atomic E-state index is 6.04. The summed E-state index contributed by atoms with van der Waals surface area (Å²) in [6.07, 6.45) is 8.50. The summed E-state index contributed by atoms with van der Waals surface area (Å²) in [6.45, 7) is 7.14. The lowest BCUT2D eigenvalue weighted by atomic mass is 9.84. The smallest absolute Gasteiger partial charge is 0.119 e. The summed E-state index contributed by atoms with van der Waals surface area (Å²) >= 11 is 0. The molecule has 0 unspecified atom stereocenters. The molecule has 0 N–H and O–H groups in total. The fourth-order valence-electron chi connectivity index (χ4n) is 3.29. The molecule has 0 amide bonds. The Bertz CT molecular complexity index is 441. The first-order chi connectivity index (χ1) is 10.3. The molecule has 2 heteroatoms. The molecule has 1 saturated heterocycles. The van der Waals surface area contributed by atoms with Crippen LogP contribution in [-0.4, -0.2) is 19.8 Å². The zero-order valence-corrected chi connectivity index (χ0v) is 13.4. The molecule has 2 rings (SSSR count). The first-order valence-corrected chi connectivity index (χ1v) is 8.15. The molecule has 0 radical (unpaired) electrons. The van der Waals surface area contributed by atoms with E-state index in [9.17, 15) is 0 Å². The number of unbranched alkanes of at least 4 members (excludes halogenated alkanes) is 2. The van der Waals surface area contributed by atoms with Gasteiger partial charge in [0.05, 0.1) is 19.8 Å². The van der Waals surface area contributed by atoms with Crippen molar-refractivity contribution in [2.75, 3.05) is 13.7 Å². The van der Waals surface area contributed by atoms with E-state index in [2.05, 4.69) is 37.8 Å². The van der Waals surface area contributed by atoms with Crippen LogP contribution in [0.2, 0.25) is 0 Å². The number of hydrogen-bond acceptors (Lipinski definition) is 2. The van der Waals surface area contributed by atoms with Crippen LogP contribution >= 0.6 is 0 Å². The van der Waals surface area contributed by atoms with Crippen molar-refractivity contribution in [2.45, 2.75) is 45.1 Å². The lowest BCUT2D eigenvalue weighted by Crippen LogP contribution is -2.19. The van der Waals surface area contributed by atoms with Gasteiger partial charge < -0.3 is 9.47 Å². The van der Waals surface area contributed by atoms with Crippen LogP contribution in [0, 0.1) is 11.8 Å². The van der Waals surface area contributed by atoms with E-state index in [0.717, 1.165) is 18.8 Å². The molecule has 1 fully saturated rings. The second-order valence-corrected chi connectivity index (χ2v) is 6.00. The van der Waals surface area contributed by atoms with Gasteiger partial charge in [0.2, 0.25) is 0 Å². The fraction of sp³-hybridized carbons (Fsp3) is 0.579. The van der Waals surface area contributed by atoms with Gasteiger partial charge in [-0.1, -0.05) is 44.4 Å². The van der Waals surface area contributed by atoms with Crippen molar-refractivity contribution < 1.29 is 9.47 Å². The van der Waals surface area contributed by atoms with Crippen LogP contribution in [-0.2, 0) is 11.2 Å². The van der Waals surface area contributed by atoms with Gasteiger partial charge in [0, 0.05) is 5.92 Å². The molecule has 1 aliphatic heterocycles. The molecule has 21 heavy (non-hydrogen) atoms. The number of ether oxygens (including phenoxy) is 2. The topological polar surface area (TPSA) is 18.5 Å². The van der Waals surface area contributed by atoms with E-state index in [4.69, 9.17) is 9.47 Å². The van der Waals surface area contributed by atoms with Gasteiger partial charge in [-0.25, -0.2) is 0 Å². The van der Waals surface area contributed by atoms with Crippen molar-refractivity contribution in [3.63, 3.8) is 0 Å². The Morgan fingerprint density at radius 1 is 1.38 bits per heavy atom. The standard InChI is InChI=1S/C19H28O2/c1-4-6-7-11-19-18(5-2)16(14-21-19)12-15-9-8-10-17(13-15)20-3/h5,8-10,13,16,18-19H,2,4,6-7,11-12,14H2,1,3H3/t16-,18+,19+/m1/s1. The minimum Gasteiger partial charge on any atom is -0.497 e. The van der Waals surface area contributed by atoms with Crippen LogP contribution in [0.15, 0.2) is 36.9 Å². The highest BCUT2D eigenvalue weighted by Gasteiger charge is 2.34. The maximum Gasteiger partial charge on any atom is 0.119 e. The highest BCUT2D eigenvalue weighted by Crippen LogP contribution is 2.34. The van der Waals surface area contributed by atoms with Gasteiger partial charge in [-0.15, -0.1) is 6.58 Å². The minimum atomic E-state index is 0.365. The number of hydrogen-bond donors (Lipinski definition) is 0. The van der Waals surface area contributed by atoms with E-state index in [0.29, 0.717) is 17.9 Å². The van der Waals surface area contributed by atoms with Crippen molar-refractivity contribution in [3.8, 4) is 5.75 Å². The van der Waals surface area contributed by atoms with E-state index < -0.39 is 0 Å². The average Bonchev–Trinajstić information content (AvgIpc) is 2.89. The van der Waals surface area contributed by atoms with Crippen molar-refractivity contribution in [1.29, 1.82) is 0 Å². The largest absolute Gasteiger partial charge is 0.497 e. The van der Waals surface area contributed by atoms with Crippen LogP contribution in [0.5, 0.6) is 5.75 Å². The van der Waals surface area contributed by atoms with Gasteiger partial charge in [-0.05, 0) is 36.5 Å². The molecule has 1 heterocycles. The Hall–Kier alpha value is -1.28. The van der Waals surface area contributed by atoms with Crippen LogP contribution in [0.1, 0.15) is 38.2 Å². The summed E-state index contributed by atoms with van der Waals surface area (Å²) in [6, 6.07) is 8.36. The fourth-order valence-corrected chi connectivity index (χ4v) is 3.29. The SMILES string of the molecule is C=C[C@H]1[C@H](Cc2cccc(OC)c2)CO[C@H]1CCCCC. The average molecular weight is 288 g/mol. The van der Waals surface area contributed by atoms with Crippen LogP contribution in [0.3, 0.4) is 0 Å². The van der Waals surface area contributed by atoms with Crippen molar-refractivity contribution in [3.05, 3.63) is 42.5 Å². The van der Waals surface area contributed by atoms with Gasteiger partial charge in [-0.2, -0.15) is 0 Å². The molecule has 0 spiro atoms. The van der Waals surface area contributed by atoms with Crippen LogP contribution < -0.4 is 4.74 Å². The second kappa shape index (κ2) is 8.23. The third-order valence-electron chi connectivity index (χ3n) is 4.49. The third-order valence-corrected chi connectivity index (χ3v) is 4.49. The zero-order valence-electron chi connectivity index (χ0n) is 13.4. The molecule has 1 aromatic rings. The Labute approximate surface area is 129 Å². The molecule has 0 saturated carbocycles.